The summed E-state index contributed by atoms with van der Waals surface area (Å²) in [5, 5.41) is 15.2. The molecule has 1 aromatic heterocycles. The first-order valence-electron chi connectivity index (χ1n) is 9.35. The molecule has 0 atom stereocenters. The zero-order valence-electron chi connectivity index (χ0n) is 17.2. The molecule has 31 heavy (non-hydrogen) atoms. The van der Waals surface area contributed by atoms with E-state index in [1.165, 1.54) is 11.8 Å². The monoisotopic (exact) mass is 477 g/mol. The standard InChI is InChI=1S/C21H21Cl2N5O2S/c1-12-4-5-17(13(2)6-12)25-19(29)10-18-26-27-21(28(18)3)31-11-20(30)24-16-8-14(22)7-15(23)9-16/h4-9H,10-11H2,1-3H3,(H,24,30)(H,25,29). The number of benzene rings is 2. The number of halogens is 2. The molecule has 0 spiro atoms. The third kappa shape index (κ3) is 6.46. The molecule has 1 heterocycles. The number of amides is 2. The van der Waals surface area contributed by atoms with E-state index in [4.69, 9.17) is 23.2 Å². The van der Waals surface area contributed by atoms with Crippen molar-refractivity contribution in [1.82, 2.24) is 14.8 Å². The number of hydrogen-bond donors (Lipinski definition) is 2. The van der Waals surface area contributed by atoms with Gasteiger partial charge in [-0.25, -0.2) is 0 Å². The minimum atomic E-state index is -0.236. The Labute approximate surface area is 194 Å². The fourth-order valence-electron chi connectivity index (χ4n) is 2.87. The van der Waals surface area contributed by atoms with Crippen LogP contribution in [-0.2, 0) is 23.1 Å². The van der Waals surface area contributed by atoms with Crippen LogP contribution < -0.4 is 10.6 Å². The summed E-state index contributed by atoms with van der Waals surface area (Å²) in [5.74, 6) is 0.201. The first kappa shape index (κ1) is 23.1. The number of aromatic nitrogens is 3. The maximum Gasteiger partial charge on any atom is 0.234 e. The van der Waals surface area contributed by atoms with Crippen LogP contribution in [0.2, 0.25) is 10.0 Å². The van der Waals surface area contributed by atoms with Crippen molar-refractivity contribution in [2.45, 2.75) is 25.4 Å². The van der Waals surface area contributed by atoms with Crippen molar-refractivity contribution in [1.29, 1.82) is 0 Å². The van der Waals surface area contributed by atoms with Crippen molar-refractivity contribution in [2.75, 3.05) is 16.4 Å². The Morgan fingerprint density at radius 2 is 1.71 bits per heavy atom. The molecule has 3 aromatic rings. The Hall–Kier alpha value is -2.55. The minimum absolute atomic E-state index is 0.0740. The van der Waals surface area contributed by atoms with Gasteiger partial charge in [0.1, 0.15) is 5.82 Å². The Bertz CT molecular complexity index is 1110. The first-order valence-corrected chi connectivity index (χ1v) is 11.1. The summed E-state index contributed by atoms with van der Waals surface area (Å²) >= 11 is 13.1. The zero-order chi connectivity index (χ0) is 22.5. The Morgan fingerprint density at radius 3 is 2.39 bits per heavy atom. The molecular formula is C21H21Cl2N5O2S. The molecule has 10 heteroatoms. The molecule has 2 aromatic carbocycles. The average molecular weight is 478 g/mol. The third-order valence-corrected chi connectivity index (χ3v) is 5.84. The van der Waals surface area contributed by atoms with Gasteiger partial charge in [0.05, 0.1) is 12.2 Å². The van der Waals surface area contributed by atoms with Gasteiger partial charge < -0.3 is 15.2 Å². The summed E-state index contributed by atoms with van der Waals surface area (Å²) in [6, 6.07) is 10.7. The summed E-state index contributed by atoms with van der Waals surface area (Å²) in [6.45, 7) is 3.95. The number of aryl methyl sites for hydroxylation is 2. The molecule has 162 valence electrons. The van der Waals surface area contributed by atoms with Gasteiger partial charge in [-0.05, 0) is 43.7 Å². The van der Waals surface area contributed by atoms with Gasteiger partial charge in [-0.15, -0.1) is 10.2 Å². The Balaban J connectivity index is 1.55. The molecule has 0 bridgehead atoms. The Kier molecular flexibility index (Phi) is 7.59. The molecule has 0 aliphatic carbocycles. The predicted octanol–water partition coefficient (Wildman–Crippen LogP) is 4.65. The number of carbonyl (C=O) groups is 2. The highest BCUT2D eigenvalue weighted by molar-refractivity contribution is 7.99. The lowest BCUT2D eigenvalue weighted by atomic mass is 10.1. The zero-order valence-corrected chi connectivity index (χ0v) is 19.5. The van der Waals surface area contributed by atoms with Gasteiger partial charge in [0.25, 0.3) is 0 Å². The highest BCUT2D eigenvalue weighted by atomic mass is 35.5. The number of hydrogen-bond acceptors (Lipinski definition) is 5. The summed E-state index contributed by atoms with van der Waals surface area (Å²) in [5.41, 5.74) is 3.41. The van der Waals surface area contributed by atoms with E-state index in [2.05, 4.69) is 20.8 Å². The van der Waals surface area contributed by atoms with Gasteiger partial charge in [0, 0.05) is 28.5 Å². The van der Waals surface area contributed by atoms with Gasteiger partial charge in [-0.3, -0.25) is 9.59 Å². The molecule has 0 fully saturated rings. The third-order valence-electron chi connectivity index (χ3n) is 4.38. The average Bonchev–Trinajstić information content (AvgIpc) is 3.01. The second-order valence-electron chi connectivity index (χ2n) is 7.00. The van der Waals surface area contributed by atoms with Crippen LogP contribution in [0.25, 0.3) is 0 Å². The van der Waals surface area contributed by atoms with E-state index in [1.807, 2.05) is 32.0 Å². The maximum absolute atomic E-state index is 12.4. The molecule has 0 aliphatic heterocycles. The lowest BCUT2D eigenvalue weighted by Gasteiger charge is -2.09. The van der Waals surface area contributed by atoms with Crippen LogP contribution in [0.4, 0.5) is 11.4 Å². The van der Waals surface area contributed by atoms with E-state index in [0.717, 1.165) is 16.8 Å². The molecule has 2 amide bonds. The number of thioether (sulfide) groups is 1. The second kappa shape index (κ2) is 10.2. The van der Waals surface area contributed by atoms with Crippen molar-refractivity contribution in [3.8, 4) is 0 Å². The van der Waals surface area contributed by atoms with E-state index in [0.29, 0.717) is 26.7 Å². The molecule has 0 aliphatic rings. The first-order chi connectivity index (χ1) is 14.7. The van der Waals surface area contributed by atoms with Gasteiger partial charge >= 0.3 is 0 Å². The topological polar surface area (TPSA) is 88.9 Å². The van der Waals surface area contributed by atoms with Crippen LogP contribution in [-0.4, -0.2) is 32.3 Å². The second-order valence-corrected chi connectivity index (χ2v) is 8.81. The van der Waals surface area contributed by atoms with Crippen molar-refractivity contribution >= 4 is 58.2 Å². The molecule has 0 saturated heterocycles. The lowest BCUT2D eigenvalue weighted by molar-refractivity contribution is -0.116. The van der Waals surface area contributed by atoms with E-state index < -0.39 is 0 Å². The molecule has 0 unspecified atom stereocenters. The lowest BCUT2D eigenvalue weighted by Crippen LogP contribution is -2.18. The molecule has 7 nitrogen and oxygen atoms in total. The van der Waals surface area contributed by atoms with Crippen LogP contribution in [0.1, 0.15) is 17.0 Å². The highest BCUT2D eigenvalue weighted by Crippen LogP contribution is 2.23. The summed E-state index contributed by atoms with van der Waals surface area (Å²) in [4.78, 5) is 24.6. The predicted molar refractivity (Wildman–Crippen MR) is 125 cm³/mol. The van der Waals surface area contributed by atoms with Crippen LogP contribution in [0.5, 0.6) is 0 Å². The normalized spacial score (nSPS) is 10.7. The molecule has 0 saturated carbocycles. The van der Waals surface area contributed by atoms with Gasteiger partial charge in [0.15, 0.2) is 5.16 Å². The SMILES string of the molecule is Cc1ccc(NC(=O)Cc2nnc(SCC(=O)Nc3cc(Cl)cc(Cl)c3)n2C)c(C)c1. The number of nitrogens with one attached hydrogen (secondary N) is 2. The molecule has 3 rings (SSSR count). The van der Waals surface area contributed by atoms with Crippen molar-refractivity contribution < 1.29 is 9.59 Å². The van der Waals surface area contributed by atoms with Crippen LogP contribution in [0.3, 0.4) is 0 Å². The van der Waals surface area contributed by atoms with E-state index in [9.17, 15) is 9.59 Å². The minimum Gasteiger partial charge on any atom is -0.325 e. The van der Waals surface area contributed by atoms with Gasteiger partial charge in [0.2, 0.25) is 11.8 Å². The summed E-state index contributed by atoms with van der Waals surface area (Å²) in [6.07, 6.45) is 0.0740. The van der Waals surface area contributed by atoms with Gasteiger partial charge in [-0.2, -0.15) is 0 Å². The quantitative estimate of drug-likeness (QED) is 0.483. The van der Waals surface area contributed by atoms with Crippen molar-refractivity contribution in [3.63, 3.8) is 0 Å². The highest BCUT2D eigenvalue weighted by Gasteiger charge is 2.15. The van der Waals surface area contributed by atoms with E-state index in [-0.39, 0.29) is 24.0 Å². The molecule has 2 N–H and O–H groups in total. The number of nitrogens with zero attached hydrogens (tertiary/aromatic N) is 3. The summed E-state index contributed by atoms with van der Waals surface area (Å²) < 4.78 is 1.70. The van der Waals surface area contributed by atoms with Gasteiger partial charge in [-0.1, -0.05) is 52.7 Å². The van der Waals surface area contributed by atoms with Crippen molar-refractivity contribution in [2.24, 2.45) is 7.05 Å². The number of rotatable bonds is 7. The van der Waals surface area contributed by atoms with Crippen LogP contribution in [0, 0.1) is 13.8 Å². The van der Waals surface area contributed by atoms with Crippen LogP contribution in [0.15, 0.2) is 41.6 Å². The number of anilines is 2. The van der Waals surface area contributed by atoms with E-state index >= 15 is 0 Å². The fourth-order valence-corrected chi connectivity index (χ4v) is 4.13. The maximum atomic E-state index is 12.4. The van der Waals surface area contributed by atoms with Crippen molar-refractivity contribution in [3.05, 3.63) is 63.4 Å². The molecule has 0 radical (unpaired) electrons. The smallest absolute Gasteiger partial charge is 0.234 e. The van der Waals surface area contributed by atoms with E-state index in [1.54, 1.807) is 29.8 Å². The number of carbonyl (C=O) groups excluding carboxylic acids is 2. The fraction of sp³-hybridized carbons (Fsp3) is 0.238. The molecular weight excluding hydrogens is 457 g/mol. The largest absolute Gasteiger partial charge is 0.325 e. The summed E-state index contributed by atoms with van der Waals surface area (Å²) in [7, 11) is 1.76. The van der Waals surface area contributed by atoms with Crippen LogP contribution >= 0.6 is 35.0 Å². The Morgan fingerprint density at radius 1 is 1.00 bits per heavy atom.